The van der Waals surface area contributed by atoms with Crippen molar-refractivity contribution in [1.82, 2.24) is 14.9 Å². The molecule has 1 saturated heterocycles. The third kappa shape index (κ3) is 4.59. The summed E-state index contributed by atoms with van der Waals surface area (Å²) in [5.41, 5.74) is 5.35. The first-order valence-corrected chi connectivity index (χ1v) is 12.7. The Morgan fingerprint density at radius 3 is 2.16 bits per heavy atom. The minimum absolute atomic E-state index is 0.110. The number of nitrogens with one attached hydrogen (secondary N) is 1. The van der Waals surface area contributed by atoms with Gasteiger partial charge in [0.15, 0.2) is 5.11 Å². The van der Waals surface area contributed by atoms with Gasteiger partial charge in [-0.25, -0.2) is 0 Å². The zero-order valence-corrected chi connectivity index (χ0v) is 21.2. The monoisotopic (exact) mass is 502 g/mol. The molecular weight excluding hydrogens is 476 g/mol. The average molecular weight is 503 g/mol. The van der Waals surface area contributed by atoms with Crippen LogP contribution in [0.15, 0.2) is 122 Å². The lowest BCUT2D eigenvalue weighted by molar-refractivity contribution is 0.482. The fraction of sp³-hybridized carbons (Fsp3) is 0.0968. The highest BCUT2D eigenvalue weighted by atomic mass is 32.1. The van der Waals surface area contributed by atoms with Crippen LogP contribution in [0.4, 0.5) is 5.69 Å². The molecule has 3 aromatic carbocycles. The molecule has 2 atom stereocenters. The van der Waals surface area contributed by atoms with Gasteiger partial charge in [-0.1, -0.05) is 42.0 Å². The number of anilines is 1. The van der Waals surface area contributed by atoms with Crippen LogP contribution in [0, 0.1) is 6.92 Å². The molecule has 0 aliphatic carbocycles. The van der Waals surface area contributed by atoms with Gasteiger partial charge in [0, 0.05) is 29.5 Å². The summed E-state index contributed by atoms with van der Waals surface area (Å²) in [4.78, 5) is 6.85. The number of nitrogens with zero attached hydrogens (tertiary/aromatic N) is 3. The Kier molecular flexibility index (Phi) is 6.16. The van der Waals surface area contributed by atoms with Crippen molar-refractivity contribution in [1.29, 1.82) is 0 Å². The van der Waals surface area contributed by atoms with Crippen LogP contribution in [0.3, 0.4) is 0 Å². The Bertz CT molecular complexity index is 1500. The molecule has 0 bridgehead atoms. The molecule has 1 fully saturated rings. The van der Waals surface area contributed by atoms with Crippen molar-refractivity contribution < 1.29 is 4.74 Å². The van der Waals surface area contributed by atoms with E-state index in [1.165, 1.54) is 5.56 Å². The number of pyridine rings is 1. The van der Waals surface area contributed by atoms with Gasteiger partial charge in [-0.2, -0.15) is 0 Å². The van der Waals surface area contributed by atoms with E-state index in [-0.39, 0.29) is 12.1 Å². The predicted molar refractivity (Wildman–Crippen MR) is 151 cm³/mol. The summed E-state index contributed by atoms with van der Waals surface area (Å²) >= 11 is 5.91. The maximum atomic E-state index is 6.06. The Morgan fingerprint density at radius 2 is 1.46 bits per heavy atom. The standard InChI is InChI=1S/C31H26N4OS/c1-22-12-16-25(17-13-22)36-26-18-14-24(15-19-26)35-30(29(33-31(35)37)27-10-5-6-20-32-27)28-11-7-21-34(28)23-8-3-2-4-9-23/h2-21,29-30H,1H3,(H,33,37)/t29-,30+/m1/s1. The lowest BCUT2D eigenvalue weighted by Crippen LogP contribution is -2.30. The van der Waals surface area contributed by atoms with E-state index in [1.54, 1.807) is 0 Å². The normalized spacial score (nSPS) is 17.0. The van der Waals surface area contributed by atoms with Crippen molar-refractivity contribution in [2.75, 3.05) is 4.90 Å². The minimum Gasteiger partial charge on any atom is -0.457 e. The van der Waals surface area contributed by atoms with E-state index in [4.69, 9.17) is 17.0 Å². The topological polar surface area (TPSA) is 42.3 Å². The van der Waals surface area contributed by atoms with Gasteiger partial charge < -0.3 is 19.5 Å². The molecular formula is C31H26N4OS. The Balaban J connectivity index is 1.38. The number of aryl methyl sites for hydroxylation is 1. The molecule has 0 radical (unpaired) electrons. The van der Waals surface area contributed by atoms with Crippen molar-refractivity contribution in [3.63, 3.8) is 0 Å². The molecule has 0 spiro atoms. The molecule has 6 heteroatoms. The molecule has 1 N–H and O–H groups in total. The Hall–Kier alpha value is -4.42. The van der Waals surface area contributed by atoms with Gasteiger partial charge in [0.1, 0.15) is 17.5 Å². The summed E-state index contributed by atoms with van der Waals surface area (Å²) in [6.45, 7) is 2.06. The number of hydrogen-bond acceptors (Lipinski definition) is 3. The van der Waals surface area contributed by atoms with E-state index >= 15 is 0 Å². The number of ether oxygens (including phenoxy) is 1. The van der Waals surface area contributed by atoms with E-state index in [0.717, 1.165) is 34.3 Å². The van der Waals surface area contributed by atoms with Crippen LogP contribution >= 0.6 is 12.2 Å². The fourth-order valence-corrected chi connectivity index (χ4v) is 5.16. The van der Waals surface area contributed by atoms with Gasteiger partial charge in [-0.15, -0.1) is 0 Å². The van der Waals surface area contributed by atoms with Crippen LogP contribution < -0.4 is 15.0 Å². The molecule has 0 saturated carbocycles. The second kappa shape index (κ2) is 9.91. The van der Waals surface area contributed by atoms with E-state index in [2.05, 4.69) is 81.4 Å². The molecule has 0 unspecified atom stereocenters. The van der Waals surface area contributed by atoms with Gasteiger partial charge in [-0.3, -0.25) is 4.98 Å². The van der Waals surface area contributed by atoms with E-state index in [0.29, 0.717) is 5.11 Å². The molecule has 3 heterocycles. The van der Waals surface area contributed by atoms with Crippen LogP contribution in [0.1, 0.15) is 29.0 Å². The number of thiocarbonyl (C=S) groups is 1. The van der Waals surface area contributed by atoms with Gasteiger partial charge >= 0.3 is 0 Å². The number of aromatic nitrogens is 2. The quantitative estimate of drug-likeness (QED) is 0.250. The third-order valence-electron chi connectivity index (χ3n) is 6.59. The van der Waals surface area contributed by atoms with Gasteiger partial charge in [0.2, 0.25) is 0 Å². The van der Waals surface area contributed by atoms with Crippen molar-refractivity contribution in [2.24, 2.45) is 0 Å². The Morgan fingerprint density at radius 1 is 0.757 bits per heavy atom. The van der Waals surface area contributed by atoms with Crippen molar-refractivity contribution in [3.05, 3.63) is 139 Å². The zero-order chi connectivity index (χ0) is 25.2. The minimum atomic E-state index is -0.116. The van der Waals surface area contributed by atoms with E-state index in [1.807, 2.05) is 66.9 Å². The molecule has 1 aliphatic rings. The summed E-state index contributed by atoms with van der Waals surface area (Å²) < 4.78 is 8.28. The zero-order valence-electron chi connectivity index (χ0n) is 20.4. The van der Waals surface area contributed by atoms with Crippen LogP contribution in [0.25, 0.3) is 5.69 Å². The van der Waals surface area contributed by atoms with Crippen LogP contribution in [-0.2, 0) is 0 Å². The maximum absolute atomic E-state index is 6.06. The number of para-hydroxylation sites is 1. The summed E-state index contributed by atoms with van der Waals surface area (Å²) in [6.07, 6.45) is 3.92. The molecule has 37 heavy (non-hydrogen) atoms. The first-order valence-electron chi connectivity index (χ1n) is 12.3. The SMILES string of the molecule is Cc1ccc(Oc2ccc(N3C(=S)N[C@H](c4ccccn4)[C@@H]3c3cccn3-c3ccccc3)cc2)cc1. The molecule has 5 aromatic rings. The highest BCUT2D eigenvalue weighted by Crippen LogP contribution is 2.42. The molecule has 2 aromatic heterocycles. The summed E-state index contributed by atoms with van der Waals surface area (Å²) in [5.74, 6) is 1.58. The summed E-state index contributed by atoms with van der Waals surface area (Å²) in [7, 11) is 0. The van der Waals surface area contributed by atoms with Crippen molar-refractivity contribution in [3.8, 4) is 17.2 Å². The van der Waals surface area contributed by atoms with Gasteiger partial charge in [-0.05, 0) is 91.9 Å². The first kappa shape index (κ1) is 23.0. The number of benzene rings is 3. The average Bonchev–Trinajstić information content (AvgIpc) is 3.56. The molecule has 5 nitrogen and oxygen atoms in total. The highest BCUT2D eigenvalue weighted by Gasteiger charge is 2.42. The van der Waals surface area contributed by atoms with E-state index in [9.17, 15) is 0 Å². The number of hydrogen-bond donors (Lipinski definition) is 1. The van der Waals surface area contributed by atoms with Crippen LogP contribution in [0.5, 0.6) is 11.5 Å². The largest absolute Gasteiger partial charge is 0.457 e. The first-order chi connectivity index (χ1) is 18.2. The molecule has 6 rings (SSSR count). The predicted octanol–water partition coefficient (Wildman–Crippen LogP) is 7.15. The fourth-order valence-electron chi connectivity index (χ4n) is 4.81. The second-order valence-corrected chi connectivity index (χ2v) is 9.43. The van der Waals surface area contributed by atoms with Crippen molar-refractivity contribution in [2.45, 2.75) is 19.0 Å². The summed E-state index contributed by atoms with van der Waals surface area (Å²) in [5, 5.41) is 4.21. The Labute approximate surface area is 222 Å². The van der Waals surface area contributed by atoms with Crippen LogP contribution in [0.2, 0.25) is 0 Å². The molecule has 182 valence electrons. The lowest BCUT2D eigenvalue weighted by Gasteiger charge is -2.29. The lowest BCUT2D eigenvalue weighted by atomic mass is 10.0. The van der Waals surface area contributed by atoms with Gasteiger partial charge in [0.05, 0.1) is 11.7 Å². The molecule has 0 amide bonds. The highest BCUT2D eigenvalue weighted by molar-refractivity contribution is 7.80. The molecule has 1 aliphatic heterocycles. The number of rotatable bonds is 6. The second-order valence-electron chi connectivity index (χ2n) is 9.04. The maximum Gasteiger partial charge on any atom is 0.174 e. The van der Waals surface area contributed by atoms with E-state index < -0.39 is 0 Å². The van der Waals surface area contributed by atoms with Crippen LogP contribution in [-0.4, -0.2) is 14.7 Å². The van der Waals surface area contributed by atoms with Gasteiger partial charge in [0.25, 0.3) is 0 Å². The third-order valence-corrected chi connectivity index (χ3v) is 6.90. The van der Waals surface area contributed by atoms with Crippen molar-refractivity contribution >= 4 is 23.0 Å². The summed E-state index contributed by atoms with van der Waals surface area (Å²) in [6, 6.07) is 36.5. The smallest absolute Gasteiger partial charge is 0.174 e.